The van der Waals surface area contributed by atoms with Gasteiger partial charge in [0.2, 0.25) is 5.89 Å². The second-order valence-corrected chi connectivity index (χ2v) is 7.53. The molecule has 2 aliphatic heterocycles. The van der Waals surface area contributed by atoms with Gasteiger partial charge in [0.25, 0.3) is 0 Å². The van der Waals surface area contributed by atoms with Crippen LogP contribution in [0.25, 0.3) is 5.82 Å². The zero-order valence-corrected chi connectivity index (χ0v) is 15.5. The molecule has 0 bridgehead atoms. The van der Waals surface area contributed by atoms with Crippen LogP contribution in [0.15, 0.2) is 29.3 Å². The fraction of sp³-hybridized carbons (Fsp3) is 0.500. The van der Waals surface area contributed by atoms with E-state index in [2.05, 4.69) is 41.1 Å². The lowest BCUT2D eigenvalue weighted by molar-refractivity contribution is 0.255. The largest absolute Gasteiger partial charge is 0.356 e. The Morgan fingerprint density at radius 2 is 1.74 bits per heavy atom. The van der Waals surface area contributed by atoms with E-state index in [0.29, 0.717) is 17.7 Å². The van der Waals surface area contributed by atoms with Gasteiger partial charge in [0.05, 0.1) is 12.2 Å². The second kappa shape index (κ2) is 6.41. The maximum Gasteiger partial charge on any atom is 0.240 e. The Morgan fingerprint density at radius 1 is 0.963 bits per heavy atom. The predicted molar refractivity (Wildman–Crippen MR) is 97.4 cm³/mol. The zero-order chi connectivity index (χ0) is 18.4. The maximum atomic E-state index is 5.14. The lowest BCUT2D eigenvalue weighted by Crippen LogP contribution is -2.29. The summed E-state index contributed by atoms with van der Waals surface area (Å²) in [5.41, 5.74) is 2.07. The predicted octanol–water partition coefficient (Wildman–Crippen LogP) is 1.23. The summed E-state index contributed by atoms with van der Waals surface area (Å²) in [4.78, 5) is 17.8. The molecule has 0 aliphatic carbocycles. The average Bonchev–Trinajstić information content (AvgIpc) is 3.40. The Bertz CT molecular complexity index is 923. The van der Waals surface area contributed by atoms with E-state index < -0.39 is 0 Å². The first-order valence-corrected chi connectivity index (χ1v) is 9.24. The van der Waals surface area contributed by atoms with Crippen molar-refractivity contribution >= 4 is 5.82 Å². The number of aromatic nitrogens is 6. The van der Waals surface area contributed by atoms with Crippen LogP contribution in [-0.4, -0.2) is 61.0 Å². The highest BCUT2D eigenvalue weighted by atomic mass is 16.5. The molecule has 0 saturated carbocycles. The van der Waals surface area contributed by atoms with Crippen LogP contribution in [0.4, 0.5) is 5.82 Å². The number of aryl methyl sites for hydroxylation is 2. The number of fused-ring (bicyclic) bond motifs is 1. The molecule has 0 aromatic carbocycles. The van der Waals surface area contributed by atoms with E-state index >= 15 is 0 Å². The molecule has 5 heterocycles. The highest BCUT2D eigenvalue weighted by Gasteiger charge is 2.40. The Morgan fingerprint density at radius 3 is 2.41 bits per heavy atom. The van der Waals surface area contributed by atoms with E-state index in [1.807, 2.05) is 24.6 Å². The molecule has 0 amide bonds. The van der Waals surface area contributed by atoms with E-state index in [1.54, 1.807) is 6.33 Å². The average molecular weight is 366 g/mol. The number of hydrogen-bond acceptors (Lipinski definition) is 8. The fourth-order valence-corrected chi connectivity index (χ4v) is 4.35. The third-order valence-electron chi connectivity index (χ3n) is 5.52. The molecule has 3 aromatic heterocycles. The summed E-state index contributed by atoms with van der Waals surface area (Å²) < 4.78 is 7.01. The Kier molecular flexibility index (Phi) is 3.89. The molecule has 2 fully saturated rings. The molecule has 0 N–H and O–H groups in total. The van der Waals surface area contributed by atoms with Gasteiger partial charge in [-0.05, 0) is 31.7 Å². The Balaban J connectivity index is 1.28. The monoisotopic (exact) mass is 366 g/mol. The Hall–Kier alpha value is -2.81. The highest BCUT2D eigenvalue weighted by molar-refractivity contribution is 5.45. The van der Waals surface area contributed by atoms with Gasteiger partial charge < -0.3 is 9.42 Å². The van der Waals surface area contributed by atoms with Gasteiger partial charge in [-0.3, -0.25) is 4.90 Å². The molecule has 9 heteroatoms. The first-order chi connectivity index (χ1) is 13.2. The van der Waals surface area contributed by atoms with Gasteiger partial charge in [0.1, 0.15) is 12.1 Å². The van der Waals surface area contributed by atoms with Crippen LogP contribution in [0.1, 0.15) is 17.3 Å². The normalized spacial score (nSPS) is 22.5. The molecule has 0 spiro atoms. The summed E-state index contributed by atoms with van der Waals surface area (Å²) in [6.07, 6.45) is 3.10. The van der Waals surface area contributed by atoms with Gasteiger partial charge in [-0.1, -0.05) is 5.16 Å². The molecule has 27 heavy (non-hydrogen) atoms. The van der Waals surface area contributed by atoms with Crippen LogP contribution in [0.5, 0.6) is 0 Å². The van der Waals surface area contributed by atoms with Gasteiger partial charge in [-0.25, -0.2) is 14.6 Å². The van der Waals surface area contributed by atoms with Crippen molar-refractivity contribution in [2.75, 3.05) is 31.1 Å². The van der Waals surface area contributed by atoms with Crippen molar-refractivity contribution in [1.82, 2.24) is 34.8 Å². The first kappa shape index (κ1) is 16.4. The van der Waals surface area contributed by atoms with Crippen LogP contribution in [0.3, 0.4) is 0 Å². The zero-order valence-electron chi connectivity index (χ0n) is 15.5. The van der Waals surface area contributed by atoms with Gasteiger partial charge in [-0.15, -0.1) is 0 Å². The quantitative estimate of drug-likeness (QED) is 0.681. The summed E-state index contributed by atoms with van der Waals surface area (Å²) in [5.74, 6) is 3.77. The number of anilines is 1. The van der Waals surface area contributed by atoms with Crippen LogP contribution >= 0.6 is 0 Å². The second-order valence-electron chi connectivity index (χ2n) is 7.53. The first-order valence-electron chi connectivity index (χ1n) is 9.24. The van der Waals surface area contributed by atoms with Crippen molar-refractivity contribution in [2.24, 2.45) is 11.8 Å². The van der Waals surface area contributed by atoms with E-state index in [0.717, 1.165) is 55.7 Å². The molecule has 2 aliphatic rings. The van der Waals surface area contributed by atoms with Crippen molar-refractivity contribution in [2.45, 2.75) is 20.4 Å². The lowest BCUT2D eigenvalue weighted by atomic mass is 10.0. The minimum absolute atomic E-state index is 0.639. The van der Waals surface area contributed by atoms with Gasteiger partial charge in [-0.2, -0.15) is 10.1 Å². The van der Waals surface area contributed by atoms with Crippen LogP contribution in [-0.2, 0) is 6.54 Å². The number of nitrogens with zero attached hydrogens (tertiary/aromatic N) is 8. The molecule has 140 valence electrons. The molecular formula is C18H22N8O. The molecule has 0 radical (unpaired) electrons. The lowest BCUT2D eigenvalue weighted by Gasteiger charge is -2.21. The van der Waals surface area contributed by atoms with Gasteiger partial charge >= 0.3 is 0 Å². The Labute approximate surface area is 157 Å². The SMILES string of the molecule is Cc1cc(C)n(-c2cc(N3CC4CN(Cc5ncno5)CC4C3)ncn2)n1. The third kappa shape index (κ3) is 3.08. The number of hydrogen-bond donors (Lipinski definition) is 0. The van der Waals surface area contributed by atoms with Crippen LogP contribution < -0.4 is 4.90 Å². The van der Waals surface area contributed by atoms with E-state index in [-0.39, 0.29) is 0 Å². The van der Waals surface area contributed by atoms with Crippen molar-refractivity contribution in [3.8, 4) is 5.82 Å². The van der Waals surface area contributed by atoms with Gasteiger partial charge in [0.15, 0.2) is 12.1 Å². The molecule has 2 atom stereocenters. The van der Waals surface area contributed by atoms with Crippen molar-refractivity contribution < 1.29 is 4.52 Å². The summed E-state index contributed by atoms with van der Waals surface area (Å²) in [6.45, 7) is 8.91. The van der Waals surface area contributed by atoms with E-state index in [4.69, 9.17) is 4.52 Å². The minimum Gasteiger partial charge on any atom is -0.356 e. The highest BCUT2D eigenvalue weighted by Crippen LogP contribution is 2.34. The van der Waals surface area contributed by atoms with Crippen LogP contribution in [0.2, 0.25) is 0 Å². The van der Waals surface area contributed by atoms with E-state index in [1.165, 1.54) is 6.33 Å². The summed E-state index contributed by atoms with van der Waals surface area (Å²) >= 11 is 0. The number of likely N-dealkylation sites (tertiary alicyclic amines) is 1. The van der Waals surface area contributed by atoms with Crippen molar-refractivity contribution in [3.05, 3.63) is 42.1 Å². The smallest absolute Gasteiger partial charge is 0.240 e. The topological polar surface area (TPSA) is 89.0 Å². The third-order valence-corrected chi connectivity index (χ3v) is 5.52. The summed E-state index contributed by atoms with van der Waals surface area (Å²) in [7, 11) is 0. The van der Waals surface area contributed by atoms with Crippen molar-refractivity contribution in [1.29, 1.82) is 0 Å². The maximum absolute atomic E-state index is 5.14. The minimum atomic E-state index is 0.639. The fourth-order valence-electron chi connectivity index (χ4n) is 4.35. The standard InChI is InChI=1S/C18H22N8O/c1-12-3-13(2)26(23-12)17-4-16(19-10-20-17)25-7-14-5-24(6-15(14)8-25)9-18-21-11-22-27-18/h3-4,10-11,14-15H,5-9H2,1-2H3. The molecule has 2 saturated heterocycles. The van der Waals surface area contributed by atoms with Crippen LogP contribution in [0, 0.1) is 25.7 Å². The molecule has 9 nitrogen and oxygen atoms in total. The van der Waals surface area contributed by atoms with Crippen molar-refractivity contribution in [3.63, 3.8) is 0 Å². The molecule has 2 unspecified atom stereocenters. The molecule has 5 rings (SSSR count). The summed E-state index contributed by atoms with van der Waals surface area (Å²) in [6, 6.07) is 4.09. The van der Waals surface area contributed by atoms with E-state index in [9.17, 15) is 0 Å². The molecule has 3 aromatic rings. The van der Waals surface area contributed by atoms with Gasteiger partial charge in [0, 0.05) is 37.9 Å². The summed E-state index contributed by atoms with van der Waals surface area (Å²) in [5, 5.41) is 8.22. The molecular weight excluding hydrogens is 344 g/mol. The number of rotatable bonds is 4.